The summed E-state index contributed by atoms with van der Waals surface area (Å²) in [6.45, 7) is 4.66. The first kappa shape index (κ1) is 79.7. The topological polar surface area (TPSA) is 108 Å². The average molecular weight is 1160 g/mol. The lowest BCUT2D eigenvalue weighted by Crippen LogP contribution is -2.45. The monoisotopic (exact) mass is 1160 g/mol. The fraction of sp³-hybridized carbons (Fsp3) is 0.903. The molecule has 81 heavy (non-hydrogen) atoms. The van der Waals surface area contributed by atoms with Crippen LogP contribution in [0.1, 0.15) is 367 Å². The van der Waals surface area contributed by atoms with Gasteiger partial charge in [0.25, 0.3) is 7.82 Å². The van der Waals surface area contributed by atoms with Gasteiger partial charge in [-0.15, -0.1) is 0 Å². The molecular weight excluding hydrogens is 1020 g/mol. The van der Waals surface area contributed by atoms with Crippen molar-refractivity contribution in [3.8, 4) is 0 Å². The molecule has 1 amide bonds. The van der Waals surface area contributed by atoms with Gasteiger partial charge in [0.2, 0.25) is 5.91 Å². The molecule has 0 saturated carbocycles. The van der Waals surface area contributed by atoms with E-state index in [0.29, 0.717) is 17.4 Å². The molecule has 0 heterocycles. The van der Waals surface area contributed by atoms with Crippen molar-refractivity contribution in [2.75, 3.05) is 40.9 Å². The molecule has 0 bridgehead atoms. The summed E-state index contributed by atoms with van der Waals surface area (Å²) in [5, 5.41) is 13.9. The Kier molecular flexibility index (Phi) is 62.2. The second-order valence-corrected chi connectivity index (χ2v) is 27.3. The molecule has 3 atom stereocenters. The Morgan fingerprint density at radius 2 is 0.691 bits per heavy atom. The number of likely N-dealkylation sites (N-methyl/N-ethyl adjacent to an activating group) is 1. The van der Waals surface area contributed by atoms with Crippen LogP contribution in [0.5, 0.6) is 0 Å². The Labute approximate surface area is 506 Å². The van der Waals surface area contributed by atoms with Gasteiger partial charge in [0, 0.05) is 6.42 Å². The zero-order valence-electron chi connectivity index (χ0n) is 55.0. The molecule has 8 nitrogen and oxygen atoms in total. The number of quaternary nitrogens is 1. The molecule has 0 rings (SSSR count). The minimum atomic E-state index is -4.61. The zero-order valence-corrected chi connectivity index (χ0v) is 55.9. The van der Waals surface area contributed by atoms with Gasteiger partial charge >= 0.3 is 0 Å². The molecule has 0 aliphatic carbocycles. The van der Waals surface area contributed by atoms with Gasteiger partial charge in [0.1, 0.15) is 13.2 Å². The van der Waals surface area contributed by atoms with E-state index in [1.54, 1.807) is 6.08 Å². The molecule has 0 aromatic rings. The number of unbranched alkanes of at least 4 members (excludes halogenated alkanes) is 50. The largest absolute Gasteiger partial charge is 0.756 e. The van der Waals surface area contributed by atoms with Crippen LogP contribution < -0.4 is 10.2 Å². The van der Waals surface area contributed by atoms with Crippen LogP contribution in [-0.2, 0) is 18.4 Å². The van der Waals surface area contributed by atoms with E-state index in [9.17, 15) is 19.4 Å². The molecule has 9 heteroatoms. The van der Waals surface area contributed by atoms with Crippen LogP contribution in [0.2, 0.25) is 0 Å². The zero-order chi connectivity index (χ0) is 59.1. The number of aliphatic hydroxyl groups is 1. The third kappa shape index (κ3) is 66.1. The first-order valence-corrected chi connectivity index (χ1v) is 37.3. The van der Waals surface area contributed by atoms with Crippen LogP contribution in [0.25, 0.3) is 0 Å². The van der Waals surface area contributed by atoms with Crippen molar-refractivity contribution in [1.29, 1.82) is 0 Å². The first-order chi connectivity index (χ1) is 39.5. The molecule has 3 unspecified atom stereocenters. The van der Waals surface area contributed by atoms with Crippen LogP contribution >= 0.6 is 7.82 Å². The number of aliphatic hydroxyl groups excluding tert-OH is 1. The highest BCUT2D eigenvalue weighted by molar-refractivity contribution is 7.45. The summed E-state index contributed by atoms with van der Waals surface area (Å²) in [6.07, 6.45) is 84.5. The van der Waals surface area contributed by atoms with Gasteiger partial charge < -0.3 is 28.8 Å². The normalized spacial score (nSPS) is 13.8. The van der Waals surface area contributed by atoms with E-state index >= 15 is 0 Å². The number of phosphoric acid groups is 1. The number of carbonyl (C=O) groups is 1. The van der Waals surface area contributed by atoms with E-state index in [1.165, 1.54) is 302 Å². The molecule has 0 radical (unpaired) electrons. The predicted octanol–water partition coefficient (Wildman–Crippen LogP) is 22.2. The molecule has 0 fully saturated rings. The van der Waals surface area contributed by atoms with Crippen molar-refractivity contribution >= 4 is 13.7 Å². The molecule has 0 aliphatic rings. The van der Waals surface area contributed by atoms with Crippen LogP contribution in [0.3, 0.4) is 0 Å². The quantitative estimate of drug-likeness (QED) is 0.0272. The Balaban J connectivity index is 3.89. The van der Waals surface area contributed by atoms with Gasteiger partial charge in [-0.2, -0.15) is 0 Å². The van der Waals surface area contributed by atoms with Crippen LogP contribution in [-0.4, -0.2) is 68.5 Å². The molecule has 0 saturated heterocycles. The summed E-state index contributed by atoms with van der Waals surface area (Å²) in [7, 11) is 1.25. The maximum atomic E-state index is 13.0. The van der Waals surface area contributed by atoms with Gasteiger partial charge in [0.15, 0.2) is 0 Å². The van der Waals surface area contributed by atoms with Gasteiger partial charge in [-0.3, -0.25) is 9.36 Å². The predicted molar refractivity (Wildman–Crippen MR) is 353 cm³/mol. The highest BCUT2D eigenvalue weighted by atomic mass is 31.2. The first-order valence-electron chi connectivity index (χ1n) is 35.9. The Morgan fingerprint density at radius 1 is 0.420 bits per heavy atom. The lowest BCUT2D eigenvalue weighted by Gasteiger charge is -2.29. The number of nitrogens with one attached hydrogen (secondary N) is 1. The lowest BCUT2D eigenvalue weighted by molar-refractivity contribution is -0.870. The van der Waals surface area contributed by atoms with E-state index < -0.39 is 26.6 Å². The van der Waals surface area contributed by atoms with Crippen LogP contribution in [0.15, 0.2) is 36.5 Å². The van der Waals surface area contributed by atoms with Crippen LogP contribution in [0, 0.1) is 0 Å². The molecule has 2 N–H and O–H groups in total. The second-order valence-electron chi connectivity index (χ2n) is 25.9. The molecule has 0 spiro atoms. The van der Waals surface area contributed by atoms with E-state index in [4.69, 9.17) is 9.05 Å². The lowest BCUT2D eigenvalue weighted by atomic mass is 10.0. The number of allylic oxidation sites excluding steroid dienone is 5. The smallest absolute Gasteiger partial charge is 0.268 e. The third-order valence-corrected chi connectivity index (χ3v) is 17.5. The van der Waals surface area contributed by atoms with E-state index in [-0.39, 0.29) is 12.5 Å². The number of nitrogens with zero attached hydrogens (tertiary/aromatic N) is 1. The Morgan fingerprint density at radius 3 is 1.00 bits per heavy atom. The minimum Gasteiger partial charge on any atom is -0.756 e. The van der Waals surface area contributed by atoms with Gasteiger partial charge in [-0.1, -0.05) is 352 Å². The second kappa shape index (κ2) is 63.2. The number of hydrogen-bond acceptors (Lipinski definition) is 6. The van der Waals surface area contributed by atoms with Crippen molar-refractivity contribution in [1.82, 2.24) is 5.32 Å². The number of amides is 1. The number of carbonyl (C=O) groups excluding carboxylic acids is 1. The number of hydrogen-bond donors (Lipinski definition) is 2. The summed E-state index contributed by atoms with van der Waals surface area (Å²) in [5.74, 6) is -0.204. The maximum absolute atomic E-state index is 13.0. The maximum Gasteiger partial charge on any atom is 0.268 e. The summed E-state index contributed by atoms with van der Waals surface area (Å²) in [4.78, 5) is 25.6. The van der Waals surface area contributed by atoms with E-state index in [0.717, 1.165) is 44.9 Å². The van der Waals surface area contributed by atoms with Crippen molar-refractivity contribution < 1.29 is 32.9 Å². The minimum absolute atomic E-state index is 0.00726. The van der Waals surface area contributed by atoms with Crippen molar-refractivity contribution in [2.45, 2.75) is 379 Å². The Bertz CT molecular complexity index is 1410. The average Bonchev–Trinajstić information content (AvgIpc) is 3.43. The molecular formula is C72H141N2O6P. The fourth-order valence-electron chi connectivity index (χ4n) is 11.0. The SMILES string of the molecule is CCCCCCCCCC/C=C/CC/C=C/CC/C=C/C(O)C(COP(=O)([O-])OCC[N+](C)(C)C)NC(=O)CCCCCCCCCCCCCCCCCCCCCCCCCCCCCCCCCCCCCCCCCCC. The molecule has 480 valence electrons. The summed E-state index contributed by atoms with van der Waals surface area (Å²) < 4.78 is 23.4. The highest BCUT2D eigenvalue weighted by Gasteiger charge is 2.23. The number of phosphoric ester groups is 1. The van der Waals surface area contributed by atoms with Crippen molar-refractivity contribution in [3.63, 3.8) is 0 Å². The molecule has 0 aliphatic heterocycles. The van der Waals surface area contributed by atoms with Gasteiger partial charge in [-0.05, 0) is 44.9 Å². The van der Waals surface area contributed by atoms with Crippen LogP contribution in [0.4, 0.5) is 0 Å². The standard InChI is InChI=1S/C72H141N2O6P/c1-6-8-10-12-14-16-18-20-22-24-26-27-28-29-30-31-32-33-34-35-36-37-38-39-40-41-42-43-44-45-46-47-48-50-52-54-56-58-60-62-64-66-72(76)73-70(69-80-81(77,78)79-68-67-74(3,4)5)71(75)65-63-61-59-57-55-53-51-49-25-23-21-19-17-15-13-11-9-7-2/h25,49,55,57,63,65,70-71,75H,6-24,26-48,50-54,56,58-62,64,66-69H2,1-5H3,(H-,73,76,77,78)/b49-25+,57-55+,65-63+. The molecule has 0 aromatic heterocycles. The van der Waals surface area contributed by atoms with Crippen molar-refractivity contribution in [3.05, 3.63) is 36.5 Å². The highest BCUT2D eigenvalue weighted by Crippen LogP contribution is 2.38. The summed E-state index contributed by atoms with van der Waals surface area (Å²) in [5.41, 5.74) is 0. The van der Waals surface area contributed by atoms with Crippen molar-refractivity contribution in [2.24, 2.45) is 0 Å². The fourth-order valence-corrected chi connectivity index (χ4v) is 11.7. The van der Waals surface area contributed by atoms with Gasteiger partial charge in [0.05, 0.1) is 39.9 Å². The van der Waals surface area contributed by atoms with E-state index in [1.807, 2.05) is 27.2 Å². The molecule has 0 aromatic carbocycles. The summed E-state index contributed by atoms with van der Waals surface area (Å²) >= 11 is 0. The number of rotatable bonds is 67. The van der Waals surface area contributed by atoms with E-state index in [2.05, 4.69) is 43.5 Å². The van der Waals surface area contributed by atoms with Gasteiger partial charge in [-0.25, -0.2) is 0 Å². The Hall–Kier alpha value is -1.28. The summed E-state index contributed by atoms with van der Waals surface area (Å²) in [6, 6.07) is -0.909. The third-order valence-electron chi connectivity index (χ3n) is 16.6.